The summed E-state index contributed by atoms with van der Waals surface area (Å²) in [6.07, 6.45) is 3.79. The van der Waals surface area contributed by atoms with E-state index in [4.69, 9.17) is 9.31 Å². The molecule has 1 aromatic heterocycles. The van der Waals surface area contributed by atoms with E-state index in [9.17, 15) is 0 Å². The molecule has 4 heteroatoms. The summed E-state index contributed by atoms with van der Waals surface area (Å²) in [5.74, 6) is 0. The summed E-state index contributed by atoms with van der Waals surface area (Å²) >= 11 is 0. The fourth-order valence-corrected chi connectivity index (χ4v) is 3.69. The van der Waals surface area contributed by atoms with E-state index >= 15 is 0 Å². The number of para-hydroxylation sites is 2. The standard InChI is InChI=1S/C18H15N.C7H15BO2/c1-3-15-16-12-8-9-13-18(16)19(17(15)4-2)14-10-6-5-7-11-14;1-6(2)7(3,4)10-8(5)9-6/h3-13H,1-2H2;1-5H3. The number of fused-ring (bicyclic) bond motifs is 1. The van der Waals surface area contributed by atoms with Crippen LogP contribution in [0.1, 0.15) is 39.0 Å². The second kappa shape index (κ2) is 8.06. The maximum Gasteiger partial charge on any atom is 0.454 e. The Balaban J connectivity index is 0.000000204. The SMILES string of the molecule is C=Cc1c(C=C)n(-c2ccccc2)c2ccccc12.CB1OC(C)(C)C(C)(C)O1. The monoisotopic (exact) mass is 387 g/mol. The van der Waals surface area contributed by atoms with Gasteiger partial charge >= 0.3 is 7.12 Å². The zero-order valence-electron chi connectivity index (χ0n) is 18.1. The molecule has 3 aromatic rings. The van der Waals surface area contributed by atoms with Gasteiger partial charge < -0.3 is 13.9 Å². The summed E-state index contributed by atoms with van der Waals surface area (Å²) in [4.78, 5) is 0. The third-order valence-electron chi connectivity index (χ3n) is 5.73. The number of aromatic nitrogens is 1. The van der Waals surface area contributed by atoms with Crippen LogP contribution in [0.5, 0.6) is 0 Å². The maximum absolute atomic E-state index is 5.54. The van der Waals surface area contributed by atoms with Gasteiger partial charge in [-0.1, -0.05) is 55.6 Å². The molecule has 0 saturated carbocycles. The molecule has 1 aliphatic heterocycles. The Bertz CT molecular complexity index is 1000. The number of hydrogen-bond donors (Lipinski definition) is 0. The Hall–Kier alpha value is -2.56. The summed E-state index contributed by atoms with van der Waals surface area (Å²) in [5, 5.41) is 1.20. The van der Waals surface area contributed by atoms with Crippen molar-refractivity contribution >= 4 is 30.2 Å². The van der Waals surface area contributed by atoms with Gasteiger partial charge in [-0.2, -0.15) is 0 Å². The van der Waals surface area contributed by atoms with E-state index in [1.54, 1.807) is 0 Å². The molecule has 29 heavy (non-hydrogen) atoms. The first-order valence-electron chi connectivity index (χ1n) is 10.0. The van der Waals surface area contributed by atoms with Gasteiger partial charge in [0, 0.05) is 16.6 Å². The molecule has 1 fully saturated rings. The van der Waals surface area contributed by atoms with Crippen molar-refractivity contribution in [3.05, 3.63) is 79.0 Å². The van der Waals surface area contributed by atoms with Crippen molar-refractivity contribution < 1.29 is 9.31 Å². The number of rotatable bonds is 3. The second-order valence-corrected chi connectivity index (χ2v) is 8.22. The van der Waals surface area contributed by atoms with E-state index in [-0.39, 0.29) is 18.3 Å². The highest BCUT2D eigenvalue weighted by Crippen LogP contribution is 2.36. The lowest BCUT2D eigenvalue weighted by Gasteiger charge is -2.32. The molecule has 0 spiro atoms. The Labute approximate surface area is 174 Å². The second-order valence-electron chi connectivity index (χ2n) is 8.22. The van der Waals surface area contributed by atoms with Crippen LogP contribution in [0.4, 0.5) is 0 Å². The van der Waals surface area contributed by atoms with Crippen molar-refractivity contribution in [2.24, 2.45) is 0 Å². The first kappa shape index (κ1) is 21.2. The van der Waals surface area contributed by atoms with Gasteiger partial charge in [-0.25, -0.2) is 0 Å². The zero-order valence-corrected chi connectivity index (χ0v) is 18.1. The van der Waals surface area contributed by atoms with Crippen molar-refractivity contribution in [3.8, 4) is 5.69 Å². The molecule has 0 N–H and O–H groups in total. The van der Waals surface area contributed by atoms with Crippen LogP contribution in [0.15, 0.2) is 67.8 Å². The van der Waals surface area contributed by atoms with Crippen LogP contribution in [-0.2, 0) is 9.31 Å². The highest BCUT2D eigenvalue weighted by atomic mass is 16.7. The Morgan fingerprint density at radius 2 is 1.38 bits per heavy atom. The molecule has 1 aliphatic rings. The molecule has 2 heterocycles. The molecule has 4 rings (SSSR count). The average Bonchev–Trinajstić information content (AvgIpc) is 3.10. The average molecular weight is 387 g/mol. The smallest absolute Gasteiger partial charge is 0.403 e. The molecule has 2 aromatic carbocycles. The molecule has 0 radical (unpaired) electrons. The summed E-state index contributed by atoms with van der Waals surface area (Å²) < 4.78 is 13.3. The van der Waals surface area contributed by atoms with Crippen molar-refractivity contribution in [2.75, 3.05) is 0 Å². The Kier molecular flexibility index (Phi) is 5.88. The largest absolute Gasteiger partial charge is 0.454 e. The zero-order chi connectivity index (χ0) is 21.2. The van der Waals surface area contributed by atoms with Crippen LogP contribution in [0, 0.1) is 0 Å². The van der Waals surface area contributed by atoms with Crippen LogP contribution in [0.25, 0.3) is 28.7 Å². The maximum atomic E-state index is 5.54. The Morgan fingerprint density at radius 1 is 0.828 bits per heavy atom. The van der Waals surface area contributed by atoms with E-state index in [0.717, 1.165) is 16.9 Å². The lowest BCUT2D eigenvalue weighted by Crippen LogP contribution is -2.41. The predicted molar refractivity (Wildman–Crippen MR) is 125 cm³/mol. The summed E-state index contributed by atoms with van der Waals surface area (Å²) in [6.45, 7) is 18.0. The lowest BCUT2D eigenvalue weighted by molar-refractivity contribution is 0.00578. The first-order chi connectivity index (χ1) is 13.7. The van der Waals surface area contributed by atoms with Gasteiger partial charge in [0.15, 0.2) is 0 Å². The molecule has 0 aliphatic carbocycles. The topological polar surface area (TPSA) is 23.4 Å². The fourth-order valence-electron chi connectivity index (χ4n) is 3.69. The van der Waals surface area contributed by atoms with Gasteiger partial charge in [0.1, 0.15) is 0 Å². The van der Waals surface area contributed by atoms with Crippen LogP contribution in [0.2, 0.25) is 6.82 Å². The molecule has 150 valence electrons. The number of benzene rings is 2. The summed E-state index contributed by atoms with van der Waals surface area (Å²) in [7, 11) is -0.0648. The van der Waals surface area contributed by atoms with Crippen LogP contribution < -0.4 is 0 Å². The molecule has 0 bridgehead atoms. The van der Waals surface area contributed by atoms with Crippen molar-refractivity contribution in [3.63, 3.8) is 0 Å². The van der Waals surface area contributed by atoms with Crippen LogP contribution in [0.3, 0.4) is 0 Å². The van der Waals surface area contributed by atoms with Gasteiger partial charge in [-0.15, -0.1) is 0 Å². The van der Waals surface area contributed by atoms with Crippen molar-refractivity contribution in [1.82, 2.24) is 4.57 Å². The highest BCUT2D eigenvalue weighted by molar-refractivity contribution is 6.43. The van der Waals surface area contributed by atoms with Crippen molar-refractivity contribution in [2.45, 2.75) is 45.7 Å². The van der Waals surface area contributed by atoms with Crippen LogP contribution >= 0.6 is 0 Å². The third kappa shape index (κ3) is 3.96. The summed E-state index contributed by atoms with van der Waals surface area (Å²) in [6, 6.07) is 18.7. The quantitative estimate of drug-likeness (QED) is 0.471. The molecule has 0 unspecified atom stereocenters. The van der Waals surface area contributed by atoms with Gasteiger partial charge in [0.25, 0.3) is 0 Å². The van der Waals surface area contributed by atoms with Gasteiger partial charge in [-0.05, 0) is 58.8 Å². The minimum Gasteiger partial charge on any atom is -0.403 e. The molecule has 0 amide bonds. The normalized spacial score (nSPS) is 16.9. The minimum absolute atomic E-state index is 0.0648. The number of nitrogens with zero attached hydrogens (tertiary/aromatic N) is 1. The number of hydrogen-bond acceptors (Lipinski definition) is 2. The highest BCUT2D eigenvalue weighted by Gasteiger charge is 2.48. The molecule has 3 nitrogen and oxygen atoms in total. The third-order valence-corrected chi connectivity index (χ3v) is 5.73. The van der Waals surface area contributed by atoms with Gasteiger partial charge in [0.2, 0.25) is 0 Å². The predicted octanol–water partition coefficient (Wildman–Crippen LogP) is 6.62. The van der Waals surface area contributed by atoms with E-state index in [0.29, 0.717) is 0 Å². The van der Waals surface area contributed by atoms with Gasteiger partial charge in [-0.3, -0.25) is 0 Å². The summed E-state index contributed by atoms with van der Waals surface area (Å²) in [5.41, 5.74) is 4.22. The van der Waals surface area contributed by atoms with Gasteiger partial charge in [0.05, 0.1) is 22.4 Å². The van der Waals surface area contributed by atoms with E-state index in [1.807, 2.05) is 37.2 Å². The molecular formula is C25H30BNO2. The first-order valence-corrected chi connectivity index (χ1v) is 10.0. The molecule has 0 atom stereocenters. The Morgan fingerprint density at radius 3 is 1.86 bits per heavy atom. The fraction of sp³-hybridized carbons (Fsp3) is 0.280. The van der Waals surface area contributed by atoms with E-state index < -0.39 is 0 Å². The molecule has 1 saturated heterocycles. The minimum atomic E-state index is -0.160. The van der Waals surface area contributed by atoms with Crippen molar-refractivity contribution in [1.29, 1.82) is 0 Å². The van der Waals surface area contributed by atoms with E-state index in [1.165, 1.54) is 10.9 Å². The lowest BCUT2D eigenvalue weighted by atomic mass is 9.90. The molecular weight excluding hydrogens is 357 g/mol. The van der Waals surface area contributed by atoms with E-state index in [2.05, 4.69) is 81.8 Å². The van der Waals surface area contributed by atoms with Crippen LogP contribution in [-0.4, -0.2) is 22.9 Å².